The Morgan fingerprint density at radius 3 is 2.68 bits per heavy atom. The van der Waals surface area contributed by atoms with Crippen LogP contribution in [0.15, 0.2) is 10.4 Å². The number of aromatic nitrogens is 1. The standard InChI is InChI=1S/C13H21F3N4S.HI/c1-2-3-4-5-7-18-12(17)19-8-6-11-20-10(9-21-11)13(14,15)16;/h9H,2-8H2,1H3,(H3,17,18,19);1H. The van der Waals surface area contributed by atoms with Crippen LogP contribution in [0.1, 0.15) is 43.3 Å². The molecule has 0 unspecified atom stereocenters. The van der Waals surface area contributed by atoms with Crippen LogP contribution in [-0.2, 0) is 12.6 Å². The molecule has 0 saturated carbocycles. The predicted molar refractivity (Wildman–Crippen MR) is 94.9 cm³/mol. The molecule has 128 valence electrons. The minimum atomic E-state index is -4.37. The van der Waals surface area contributed by atoms with Crippen molar-refractivity contribution in [1.29, 1.82) is 0 Å². The molecule has 1 aromatic rings. The average molecular weight is 450 g/mol. The lowest BCUT2D eigenvalue weighted by atomic mass is 10.2. The van der Waals surface area contributed by atoms with E-state index in [1.54, 1.807) is 0 Å². The number of unbranched alkanes of at least 4 members (excludes halogenated alkanes) is 3. The van der Waals surface area contributed by atoms with E-state index < -0.39 is 11.9 Å². The first-order valence-corrected chi connectivity index (χ1v) is 7.87. The van der Waals surface area contributed by atoms with Crippen LogP contribution in [0, 0.1) is 0 Å². The number of nitrogens with one attached hydrogen (secondary N) is 1. The zero-order valence-electron chi connectivity index (χ0n) is 12.4. The molecule has 3 N–H and O–H groups in total. The van der Waals surface area contributed by atoms with Crippen LogP contribution in [0.4, 0.5) is 13.2 Å². The van der Waals surface area contributed by atoms with E-state index in [2.05, 4.69) is 22.2 Å². The molecule has 0 aromatic carbocycles. The summed E-state index contributed by atoms with van der Waals surface area (Å²) in [6, 6.07) is 0. The second-order valence-corrected chi connectivity index (χ2v) is 5.57. The number of rotatable bonds is 8. The van der Waals surface area contributed by atoms with Crippen LogP contribution in [0.3, 0.4) is 0 Å². The van der Waals surface area contributed by atoms with Crippen LogP contribution in [0.25, 0.3) is 0 Å². The van der Waals surface area contributed by atoms with Crippen LogP contribution >= 0.6 is 35.3 Å². The van der Waals surface area contributed by atoms with Gasteiger partial charge in [-0.3, -0.25) is 4.99 Å². The molecule has 0 atom stereocenters. The van der Waals surface area contributed by atoms with Crippen molar-refractivity contribution in [2.24, 2.45) is 10.7 Å². The summed E-state index contributed by atoms with van der Waals surface area (Å²) >= 11 is 1.00. The zero-order chi connectivity index (χ0) is 15.7. The van der Waals surface area contributed by atoms with Gasteiger partial charge in [-0.2, -0.15) is 13.2 Å². The molecule has 4 nitrogen and oxygen atoms in total. The molecule has 0 aliphatic carbocycles. The number of alkyl halides is 3. The molecule has 0 amide bonds. The summed E-state index contributed by atoms with van der Waals surface area (Å²) < 4.78 is 37.1. The van der Waals surface area contributed by atoms with Gasteiger partial charge in [0.2, 0.25) is 0 Å². The van der Waals surface area contributed by atoms with Crippen molar-refractivity contribution in [3.05, 3.63) is 16.1 Å². The maximum atomic E-state index is 12.4. The number of guanidine groups is 1. The van der Waals surface area contributed by atoms with E-state index in [1.165, 1.54) is 12.8 Å². The summed E-state index contributed by atoms with van der Waals surface area (Å²) in [6.45, 7) is 3.24. The monoisotopic (exact) mass is 450 g/mol. The molecule has 1 heterocycles. The summed E-state index contributed by atoms with van der Waals surface area (Å²) in [6.07, 6.45) is 0.512. The summed E-state index contributed by atoms with van der Waals surface area (Å²) in [5, 5.41) is 4.35. The van der Waals surface area contributed by atoms with Crippen LogP contribution in [-0.4, -0.2) is 24.0 Å². The van der Waals surface area contributed by atoms with Gasteiger partial charge >= 0.3 is 6.18 Å². The Morgan fingerprint density at radius 1 is 1.36 bits per heavy atom. The van der Waals surface area contributed by atoms with E-state index in [0.29, 0.717) is 30.5 Å². The molecule has 0 fully saturated rings. The number of nitrogens with zero attached hydrogens (tertiary/aromatic N) is 2. The smallest absolute Gasteiger partial charge is 0.370 e. The Bertz CT molecular complexity index is 449. The minimum absolute atomic E-state index is 0. The molecule has 0 spiro atoms. The zero-order valence-corrected chi connectivity index (χ0v) is 15.6. The van der Waals surface area contributed by atoms with E-state index in [1.807, 2.05) is 0 Å². The Hall–Kier alpha value is -0.580. The van der Waals surface area contributed by atoms with E-state index in [9.17, 15) is 13.2 Å². The van der Waals surface area contributed by atoms with E-state index in [-0.39, 0.29) is 24.0 Å². The third kappa shape index (κ3) is 8.76. The van der Waals surface area contributed by atoms with E-state index in [0.717, 1.165) is 29.6 Å². The number of hydrogen-bond donors (Lipinski definition) is 2. The molecule has 9 heteroatoms. The maximum absolute atomic E-state index is 12.4. The number of aliphatic imine (C=N–C) groups is 1. The van der Waals surface area contributed by atoms with Gasteiger partial charge in [0, 0.05) is 24.9 Å². The lowest BCUT2D eigenvalue weighted by molar-refractivity contribution is -0.140. The molecule has 1 rings (SSSR count). The summed E-state index contributed by atoms with van der Waals surface area (Å²) in [4.78, 5) is 7.71. The van der Waals surface area contributed by atoms with Gasteiger partial charge in [0.15, 0.2) is 11.7 Å². The normalized spacial score (nSPS) is 12.1. The SMILES string of the molecule is CCCCCCN=C(N)NCCc1nc(C(F)(F)F)cs1.I. The highest BCUT2D eigenvalue weighted by Gasteiger charge is 2.33. The first-order valence-electron chi connectivity index (χ1n) is 6.99. The second-order valence-electron chi connectivity index (χ2n) is 4.63. The fourth-order valence-corrected chi connectivity index (χ4v) is 2.45. The van der Waals surface area contributed by atoms with Crippen LogP contribution in [0.2, 0.25) is 0 Å². The Balaban J connectivity index is 0.00000441. The first-order chi connectivity index (χ1) is 9.93. The van der Waals surface area contributed by atoms with Crippen molar-refractivity contribution in [2.45, 2.75) is 45.2 Å². The van der Waals surface area contributed by atoms with Crippen molar-refractivity contribution in [2.75, 3.05) is 13.1 Å². The molecule has 0 aliphatic heterocycles. The Morgan fingerprint density at radius 2 is 2.09 bits per heavy atom. The molecule has 0 radical (unpaired) electrons. The second kappa shape index (κ2) is 11.0. The molecule has 0 aliphatic rings. The molecule has 22 heavy (non-hydrogen) atoms. The fourth-order valence-electron chi connectivity index (χ4n) is 1.65. The third-order valence-corrected chi connectivity index (χ3v) is 3.69. The maximum Gasteiger partial charge on any atom is 0.434 e. The van der Waals surface area contributed by atoms with Crippen LogP contribution in [0.5, 0.6) is 0 Å². The molecule has 0 saturated heterocycles. The van der Waals surface area contributed by atoms with Gasteiger partial charge in [0.05, 0.1) is 5.01 Å². The molecular formula is C13H22F3IN4S. The summed E-state index contributed by atoms with van der Waals surface area (Å²) in [7, 11) is 0. The van der Waals surface area contributed by atoms with Crippen molar-refractivity contribution in [1.82, 2.24) is 10.3 Å². The van der Waals surface area contributed by atoms with Crippen LogP contribution < -0.4 is 11.1 Å². The largest absolute Gasteiger partial charge is 0.434 e. The predicted octanol–water partition coefficient (Wildman–Crippen LogP) is 3.81. The van der Waals surface area contributed by atoms with Crippen molar-refractivity contribution >= 4 is 41.3 Å². The topological polar surface area (TPSA) is 63.3 Å². The number of hydrogen-bond acceptors (Lipinski definition) is 3. The molecule has 1 aromatic heterocycles. The van der Waals surface area contributed by atoms with Crippen molar-refractivity contribution in [3.63, 3.8) is 0 Å². The number of thiazole rings is 1. The van der Waals surface area contributed by atoms with Gasteiger partial charge in [-0.15, -0.1) is 35.3 Å². The van der Waals surface area contributed by atoms with E-state index >= 15 is 0 Å². The minimum Gasteiger partial charge on any atom is -0.370 e. The quantitative estimate of drug-likeness (QED) is 0.274. The van der Waals surface area contributed by atoms with Gasteiger partial charge in [0.1, 0.15) is 0 Å². The Labute approximate surface area is 149 Å². The van der Waals surface area contributed by atoms with Gasteiger partial charge in [0.25, 0.3) is 0 Å². The summed E-state index contributed by atoms with van der Waals surface area (Å²) in [5.74, 6) is 0.332. The van der Waals surface area contributed by atoms with Gasteiger partial charge in [-0.05, 0) is 6.42 Å². The molecular weight excluding hydrogens is 428 g/mol. The highest BCUT2D eigenvalue weighted by Crippen LogP contribution is 2.29. The highest BCUT2D eigenvalue weighted by molar-refractivity contribution is 14.0. The van der Waals surface area contributed by atoms with Crippen molar-refractivity contribution in [3.8, 4) is 0 Å². The summed E-state index contributed by atoms with van der Waals surface area (Å²) in [5.41, 5.74) is 4.84. The average Bonchev–Trinajstić information content (AvgIpc) is 2.87. The van der Waals surface area contributed by atoms with Crippen molar-refractivity contribution < 1.29 is 13.2 Å². The first kappa shape index (κ1) is 21.4. The van der Waals surface area contributed by atoms with E-state index in [4.69, 9.17) is 5.73 Å². The lowest BCUT2D eigenvalue weighted by Crippen LogP contribution is -2.33. The van der Waals surface area contributed by atoms with Gasteiger partial charge in [-0.25, -0.2) is 4.98 Å². The number of halogens is 4. The fraction of sp³-hybridized carbons (Fsp3) is 0.692. The highest BCUT2D eigenvalue weighted by atomic mass is 127. The molecule has 0 bridgehead atoms. The van der Waals surface area contributed by atoms with Gasteiger partial charge in [-0.1, -0.05) is 26.2 Å². The third-order valence-electron chi connectivity index (χ3n) is 2.78. The lowest BCUT2D eigenvalue weighted by Gasteiger charge is -2.04. The van der Waals surface area contributed by atoms with Gasteiger partial charge < -0.3 is 11.1 Å². The number of nitrogens with two attached hydrogens (primary N) is 1. The Kier molecular flexibility index (Phi) is 10.7.